The van der Waals surface area contributed by atoms with Crippen molar-refractivity contribution in [3.63, 3.8) is 0 Å². The minimum Gasteiger partial charge on any atom is -0.356 e. The maximum Gasteiger partial charge on any atom is 0.230 e. The number of anilines is 1. The second-order valence-electron chi connectivity index (χ2n) is 4.90. The molecule has 0 saturated carbocycles. The molecule has 2 aromatic carbocycles. The molecular weight excluding hydrogens is 302 g/mol. The smallest absolute Gasteiger partial charge is 0.230 e. The fraction of sp³-hybridized carbons (Fsp3) is 0.0588. The van der Waals surface area contributed by atoms with E-state index in [1.54, 1.807) is 24.3 Å². The lowest BCUT2D eigenvalue weighted by Crippen LogP contribution is -2.14. The summed E-state index contributed by atoms with van der Waals surface area (Å²) in [6.45, 7) is 0. The molecule has 0 aliphatic rings. The van der Waals surface area contributed by atoms with Crippen LogP contribution in [0.3, 0.4) is 0 Å². The van der Waals surface area contributed by atoms with Crippen molar-refractivity contribution < 1.29 is 18.1 Å². The van der Waals surface area contributed by atoms with E-state index < -0.39 is 11.6 Å². The van der Waals surface area contributed by atoms with Gasteiger partial charge in [0.2, 0.25) is 5.91 Å². The summed E-state index contributed by atoms with van der Waals surface area (Å²) in [6.07, 6.45) is -0.0610. The Bertz CT molecular complexity index is 846. The Kier molecular flexibility index (Phi) is 4.14. The number of carbonyl (C=O) groups is 1. The van der Waals surface area contributed by atoms with Crippen LogP contribution in [0.25, 0.3) is 11.3 Å². The molecule has 6 heteroatoms. The molecule has 0 unspecified atom stereocenters. The Morgan fingerprint density at radius 2 is 1.91 bits per heavy atom. The molecular formula is C17H12F2N2O2. The van der Waals surface area contributed by atoms with Crippen molar-refractivity contribution in [2.45, 2.75) is 6.42 Å². The molecule has 4 nitrogen and oxygen atoms in total. The van der Waals surface area contributed by atoms with Crippen molar-refractivity contribution in [3.05, 3.63) is 71.9 Å². The zero-order valence-corrected chi connectivity index (χ0v) is 11.9. The number of nitrogens with zero attached hydrogens (tertiary/aromatic N) is 1. The van der Waals surface area contributed by atoms with Crippen LogP contribution in [0.4, 0.5) is 14.5 Å². The fourth-order valence-electron chi connectivity index (χ4n) is 2.12. The number of hydrogen-bond acceptors (Lipinski definition) is 3. The van der Waals surface area contributed by atoms with Crippen LogP contribution in [0.2, 0.25) is 0 Å². The zero-order chi connectivity index (χ0) is 16.2. The number of halogens is 2. The van der Waals surface area contributed by atoms with Gasteiger partial charge >= 0.3 is 0 Å². The first-order valence-electron chi connectivity index (χ1n) is 6.88. The molecule has 0 spiro atoms. The van der Waals surface area contributed by atoms with E-state index in [2.05, 4.69) is 10.5 Å². The van der Waals surface area contributed by atoms with Gasteiger partial charge in [0.25, 0.3) is 0 Å². The summed E-state index contributed by atoms with van der Waals surface area (Å²) in [5.74, 6) is -0.994. The Labute approximate surface area is 130 Å². The standard InChI is InChI=1S/C17H12F2N2O2/c18-11-4-3-5-12(8-11)20-17(22)10-13-9-16(23-21-13)14-6-1-2-7-15(14)19/h1-9H,10H2,(H,20,22). The summed E-state index contributed by atoms with van der Waals surface area (Å²) in [5, 5.41) is 6.31. The highest BCUT2D eigenvalue weighted by Crippen LogP contribution is 2.23. The van der Waals surface area contributed by atoms with Gasteiger partial charge in [0.15, 0.2) is 5.76 Å². The number of carbonyl (C=O) groups excluding carboxylic acids is 1. The average molecular weight is 314 g/mol. The zero-order valence-electron chi connectivity index (χ0n) is 11.9. The van der Waals surface area contributed by atoms with Crippen LogP contribution in [-0.4, -0.2) is 11.1 Å². The molecule has 1 aromatic heterocycles. The van der Waals surface area contributed by atoms with Gasteiger partial charge in [0, 0.05) is 11.8 Å². The number of hydrogen-bond donors (Lipinski definition) is 1. The number of aromatic nitrogens is 1. The van der Waals surface area contributed by atoms with Crippen LogP contribution in [0.5, 0.6) is 0 Å². The SMILES string of the molecule is O=C(Cc1cc(-c2ccccc2F)on1)Nc1cccc(F)c1. The Hall–Kier alpha value is -3.02. The van der Waals surface area contributed by atoms with Gasteiger partial charge in [-0.25, -0.2) is 8.78 Å². The summed E-state index contributed by atoms with van der Waals surface area (Å²) >= 11 is 0. The highest BCUT2D eigenvalue weighted by Gasteiger charge is 2.13. The van der Waals surface area contributed by atoms with Gasteiger partial charge in [-0.05, 0) is 30.3 Å². The normalized spacial score (nSPS) is 10.5. The molecule has 1 heterocycles. The minimum atomic E-state index is -0.439. The average Bonchev–Trinajstić information content (AvgIpc) is 2.95. The van der Waals surface area contributed by atoms with E-state index >= 15 is 0 Å². The summed E-state index contributed by atoms with van der Waals surface area (Å²) in [5.41, 5.74) is 0.988. The minimum absolute atomic E-state index is 0.0610. The van der Waals surface area contributed by atoms with E-state index in [0.29, 0.717) is 11.4 Å². The van der Waals surface area contributed by atoms with Gasteiger partial charge in [-0.15, -0.1) is 0 Å². The predicted octanol–water partition coefficient (Wildman–Crippen LogP) is 3.80. The van der Waals surface area contributed by atoms with Crippen LogP contribution in [0.15, 0.2) is 59.1 Å². The fourth-order valence-corrected chi connectivity index (χ4v) is 2.12. The van der Waals surface area contributed by atoms with Crippen molar-refractivity contribution in [1.29, 1.82) is 0 Å². The lowest BCUT2D eigenvalue weighted by Gasteiger charge is -2.03. The second kappa shape index (κ2) is 6.39. The van der Waals surface area contributed by atoms with E-state index in [9.17, 15) is 13.6 Å². The van der Waals surface area contributed by atoms with Crippen LogP contribution in [0, 0.1) is 11.6 Å². The van der Waals surface area contributed by atoms with Gasteiger partial charge in [-0.2, -0.15) is 0 Å². The molecule has 116 valence electrons. The molecule has 0 bridgehead atoms. The Morgan fingerprint density at radius 3 is 2.70 bits per heavy atom. The van der Waals surface area contributed by atoms with Crippen molar-refractivity contribution in [2.75, 3.05) is 5.32 Å². The molecule has 23 heavy (non-hydrogen) atoms. The van der Waals surface area contributed by atoms with Gasteiger partial charge < -0.3 is 9.84 Å². The topological polar surface area (TPSA) is 55.1 Å². The van der Waals surface area contributed by atoms with Crippen LogP contribution < -0.4 is 5.32 Å². The first-order chi connectivity index (χ1) is 11.1. The molecule has 0 aliphatic carbocycles. The van der Waals surface area contributed by atoms with Crippen molar-refractivity contribution >= 4 is 11.6 Å². The van der Waals surface area contributed by atoms with Crippen LogP contribution in [0.1, 0.15) is 5.69 Å². The maximum absolute atomic E-state index is 13.7. The van der Waals surface area contributed by atoms with E-state index in [1.807, 2.05) is 0 Å². The molecule has 3 aromatic rings. The van der Waals surface area contributed by atoms with E-state index in [0.717, 1.165) is 0 Å². The molecule has 0 aliphatic heterocycles. The van der Waals surface area contributed by atoms with Gasteiger partial charge in [-0.1, -0.05) is 23.4 Å². The van der Waals surface area contributed by atoms with Gasteiger partial charge in [0.05, 0.1) is 17.7 Å². The van der Waals surface area contributed by atoms with Crippen LogP contribution in [-0.2, 0) is 11.2 Å². The Morgan fingerprint density at radius 1 is 1.09 bits per heavy atom. The third-order valence-corrected chi connectivity index (χ3v) is 3.15. The lowest BCUT2D eigenvalue weighted by molar-refractivity contribution is -0.115. The molecule has 0 atom stereocenters. The molecule has 0 radical (unpaired) electrons. The maximum atomic E-state index is 13.7. The summed E-state index contributed by atoms with van der Waals surface area (Å²) < 4.78 is 31.8. The highest BCUT2D eigenvalue weighted by atomic mass is 19.1. The molecule has 3 rings (SSSR count). The van der Waals surface area contributed by atoms with E-state index in [-0.39, 0.29) is 23.7 Å². The third-order valence-electron chi connectivity index (χ3n) is 3.15. The third kappa shape index (κ3) is 3.60. The van der Waals surface area contributed by atoms with E-state index in [1.165, 1.54) is 30.3 Å². The van der Waals surface area contributed by atoms with Crippen molar-refractivity contribution in [3.8, 4) is 11.3 Å². The summed E-state index contributed by atoms with van der Waals surface area (Å²) in [7, 11) is 0. The molecule has 1 amide bonds. The van der Waals surface area contributed by atoms with Crippen LogP contribution >= 0.6 is 0 Å². The van der Waals surface area contributed by atoms with Crippen molar-refractivity contribution in [1.82, 2.24) is 5.16 Å². The lowest BCUT2D eigenvalue weighted by atomic mass is 10.1. The quantitative estimate of drug-likeness (QED) is 0.797. The highest BCUT2D eigenvalue weighted by molar-refractivity contribution is 5.92. The molecule has 0 fully saturated rings. The second-order valence-corrected chi connectivity index (χ2v) is 4.90. The van der Waals surface area contributed by atoms with Crippen molar-refractivity contribution in [2.24, 2.45) is 0 Å². The molecule has 1 N–H and O–H groups in total. The first kappa shape index (κ1) is 14.9. The number of benzene rings is 2. The summed E-state index contributed by atoms with van der Waals surface area (Å²) in [4.78, 5) is 11.9. The predicted molar refractivity (Wildman–Crippen MR) is 80.6 cm³/mol. The van der Waals surface area contributed by atoms with Gasteiger partial charge in [-0.3, -0.25) is 4.79 Å². The largest absolute Gasteiger partial charge is 0.356 e. The number of amides is 1. The monoisotopic (exact) mass is 314 g/mol. The first-order valence-corrected chi connectivity index (χ1v) is 6.88. The van der Waals surface area contributed by atoms with Gasteiger partial charge in [0.1, 0.15) is 11.6 Å². The Balaban J connectivity index is 1.69. The number of rotatable bonds is 4. The summed E-state index contributed by atoms with van der Waals surface area (Å²) in [6, 6.07) is 13.2. The van der Waals surface area contributed by atoms with E-state index in [4.69, 9.17) is 4.52 Å². The molecule has 0 saturated heterocycles. The number of nitrogens with one attached hydrogen (secondary N) is 1.